The van der Waals surface area contributed by atoms with Crippen LogP contribution in [-0.4, -0.2) is 0 Å². The van der Waals surface area contributed by atoms with Crippen molar-refractivity contribution in [2.24, 2.45) is 5.84 Å². The Labute approximate surface area is 134 Å². The molecule has 1 aliphatic carbocycles. The van der Waals surface area contributed by atoms with E-state index >= 15 is 0 Å². The van der Waals surface area contributed by atoms with Crippen LogP contribution in [0.25, 0.3) is 0 Å². The van der Waals surface area contributed by atoms with E-state index in [-0.39, 0.29) is 6.04 Å². The summed E-state index contributed by atoms with van der Waals surface area (Å²) < 4.78 is 1.14. The van der Waals surface area contributed by atoms with Crippen molar-refractivity contribution >= 4 is 15.9 Å². The molecule has 0 heterocycles. The Morgan fingerprint density at radius 3 is 2.48 bits per heavy atom. The molecule has 0 saturated heterocycles. The summed E-state index contributed by atoms with van der Waals surface area (Å²) in [6.07, 6.45) is 3.93. The molecule has 2 aromatic rings. The van der Waals surface area contributed by atoms with Crippen molar-refractivity contribution in [3.63, 3.8) is 0 Å². The molecule has 0 amide bonds. The molecule has 1 aliphatic rings. The zero-order valence-corrected chi connectivity index (χ0v) is 13.9. The molecule has 1 fully saturated rings. The van der Waals surface area contributed by atoms with Crippen LogP contribution in [-0.2, 0) is 0 Å². The standard InChI is InChI=1S/C18H21BrN2/c1-12-6-4-11-16(17(12)19)18(21-20)15-10-3-2-9-14(15)13-7-5-8-13/h2-4,6,9-11,13,18,21H,5,7-8,20H2,1H3. The van der Waals surface area contributed by atoms with Crippen LogP contribution in [0.2, 0.25) is 0 Å². The first-order valence-corrected chi connectivity index (χ1v) is 8.31. The molecule has 0 bridgehead atoms. The lowest BCUT2D eigenvalue weighted by Gasteiger charge is -2.31. The second kappa shape index (κ2) is 6.30. The molecule has 3 N–H and O–H groups in total. The van der Waals surface area contributed by atoms with Gasteiger partial charge in [0.1, 0.15) is 0 Å². The number of hydrogen-bond donors (Lipinski definition) is 2. The number of benzene rings is 2. The lowest BCUT2D eigenvalue weighted by Crippen LogP contribution is -2.30. The molecular formula is C18H21BrN2. The van der Waals surface area contributed by atoms with Crippen LogP contribution < -0.4 is 11.3 Å². The van der Waals surface area contributed by atoms with Crippen LogP contribution in [0.4, 0.5) is 0 Å². The molecule has 1 atom stereocenters. The van der Waals surface area contributed by atoms with E-state index in [4.69, 9.17) is 5.84 Å². The fraction of sp³-hybridized carbons (Fsp3) is 0.333. The van der Waals surface area contributed by atoms with E-state index in [2.05, 4.69) is 70.7 Å². The van der Waals surface area contributed by atoms with Gasteiger partial charge in [0.25, 0.3) is 0 Å². The summed E-state index contributed by atoms with van der Waals surface area (Å²) in [5.74, 6) is 6.61. The lowest BCUT2D eigenvalue weighted by molar-refractivity contribution is 0.414. The van der Waals surface area contributed by atoms with Crippen molar-refractivity contribution in [3.8, 4) is 0 Å². The van der Waals surface area contributed by atoms with Crippen molar-refractivity contribution in [3.05, 3.63) is 69.2 Å². The SMILES string of the molecule is Cc1cccc(C(NN)c2ccccc2C2CCC2)c1Br. The number of nitrogens with one attached hydrogen (secondary N) is 1. The highest BCUT2D eigenvalue weighted by atomic mass is 79.9. The van der Waals surface area contributed by atoms with Gasteiger partial charge < -0.3 is 0 Å². The van der Waals surface area contributed by atoms with E-state index < -0.39 is 0 Å². The van der Waals surface area contributed by atoms with Crippen LogP contribution in [0.1, 0.15) is 53.5 Å². The number of aryl methyl sites for hydroxylation is 1. The molecule has 0 radical (unpaired) electrons. The number of hydrazine groups is 1. The molecule has 1 saturated carbocycles. The Balaban J connectivity index is 2.06. The van der Waals surface area contributed by atoms with Crippen molar-refractivity contribution < 1.29 is 0 Å². The van der Waals surface area contributed by atoms with E-state index in [9.17, 15) is 0 Å². The first kappa shape index (κ1) is 14.8. The van der Waals surface area contributed by atoms with Gasteiger partial charge in [0.05, 0.1) is 6.04 Å². The van der Waals surface area contributed by atoms with E-state index in [1.54, 1.807) is 0 Å². The number of hydrogen-bond acceptors (Lipinski definition) is 2. The predicted molar refractivity (Wildman–Crippen MR) is 91.1 cm³/mol. The maximum atomic E-state index is 5.91. The van der Waals surface area contributed by atoms with Gasteiger partial charge in [-0.15, -0.1) is 0 Å². The minimum atomic E-state index is 0.0241. The Kier molecular flexibility index (Phi) is 4.43. The highest BCUT2D eigenvalue weighted by molar-refractivity contribution is 9.10. The average Bonchev–Trinajstić information content (AvgIpc) is 2.44. The second-order valence-electron chi connectivity index (χ2n) is 5.83. The van der Waals surface area contributed by atoms with Crippen molar-refractivity contribution in [1.82, 2.24) is 5.43 Å². The third kappa shape index (κ3) is 2.78. The molecule has 21 heavy (non-hydrogen) atoms. The monoisotopic (exact) mass is 344 g/mol. The molecule has 0 aliphatic heterocycles. The summed E-state index contributed by atoms with van der Waals surface area (Å²) >= 11 is 3.72. The summed E-state index contributed by atoms with van der Waals surface area (Å²) in [5, 5.41) is 0. The van der Waals surface area contributed by atoms with Gasteiger partial charge in [0.15, 0.2) is 0 Å². The molecule has 3 heteroatoms. The van der Waals surface area contributed by atoms with Crippen LogP contribution in [0.3, 0.4) is 0 Å². The minimum absolute atomic E-state index is 0.0241. The van der Waals surface area contributed by atoms with Gasteiger partial charge in [-0.05, 0) is 47.9 Å². The summed E-state index contributed by atoms with van der Waals surface area (Å²) in [4.78, 5) is 0. The van der Waals surface area contributed by atoms with Gasteiger partial charge in [0, 0.05) is 4.47 Å². The zero-order chi connectivity index (χ0) is 14.8. The molecule has 0 spiro atoms. The topological polar surface area (TPSA) is 38.0 Å². The maximum Gasteiger partial charge on any atom is 0.0723 e. The summed E-state index contributed by atoms with van der Waals surface area (Å²) in [6, 6.07) is 15.1. The third-order valence-corrected chi connectivity index (χ3v) is 5.63. The lowest BCUT2D eigenvalue weighted by atomic mass is 9.76. The number of nitrogens with two attached hydrogens (primary N) is 1. The van der Waals surface area contributed by atoms with Crippen LogP contribution in [0, 0.1) is 6.92 Å². The average molecular weight is 345 g/mol. The predicted octanol–water partition coefficient (Wildman–Crippen LogP) is 4.58. The van der Waals surface area contributed by atoms with Crippen molar-refractivity contribution in [2.75, 3.05) is 0 Å². The Hall–Kier alpha value is -1.16. The summed E-state index contributed by atoms with van der Waals surface area (Å²) in [6.45, 7) is 2.11. The molecule has 0 aromatic heterocycles. The van der Waals surface area contributed by atoms with Crippen molar-refractivity contribution in [1.29, 1.82) is 0 Å². The zero-order valence-electron chi connectivity index (χ0n) is 12.3. The Bertz CT molecular complexity index is 635. The van der Waals surface area contributed by atoms with Gasteiger partial charge in [-0.2, -0.15) is 0 Å². The third-order valence-electron chi connectivity index (χ3n) is 4.55. The van der Waals surface area contributed by atoms with Gasteiger partial charge in [0.2, 0.25) is 0 Å². The number of halogens is 1. The molecule has 3 rings (SSSR count). The largest absolute Gasteiger partial charge is 0.271 e. The molecule has 2 aromatic carbocycles. The van der Waals surface area contributed by atoms with Crippen LogP contribution in [0.15, 0.2) is 46.9 Å². The second-order valence-corrected chi connectivity index (χ2v) is 6.63. The molecule has 110 valence electrons. The van der Waals surface area contributed by atoms with Gasteiger partial charge >= 0.3 is 0 Å². The van der Waals surface area contributed by atoms with Crippen LogP contribution >= 0.6 is 15.9 Å². The number of rotatable bonds is 4. The smallest absolute Gasteiger partial charge is 0.0723 e. The van der Waals surface area contributed by atoms with Gasteiger partial charge in [-0.1, -0.05) is 64.8 Å². The Morgan fingerprint density at radius 2 is 1.81 bits per heavy atom. The van der Waals surface area contributed by atoms with E-state index in [0.717, 1.165) is 4.47 Å². The molecule has 2 nitrogen and oxygen atoms in total. The molecular weight excluding hydrogens is 324 g/mol. The first-order valence-electron chi connectivity index (χ1n) is 7.52. The highest BCUT2D eigenvalue weighted by Gasteiger charge is 2.26. The van der Waals surface area contributed by atoms with Crippen LogP contribution in [0.5, 0.6) is 0 Å². The Morgan fingerprint density at radius 1 is 1.10 bits per heavy atom. The fourth-order valence-corrected chi connectivity index (χ4v) is 3.60. The quantitative estimate of drug-likeness (QED) is 0.629. The molecule has 1 unspecified atom stereocenters. The van der Waals surface area contributed by atoms with E-state index in [0.29, 0.717) is 5.92 Å². The fourth-order valence-electron chi connectivity index (χ4n) is 3.10. The van der Waals surface area contributed by atoms with E-state index in [1.165, 1.54) is 41.5 Å². The maximum absolute atomic E-state index is 5.91. The summed E-state index contributed by atoms with van der Waals surface area (Å²) in [5.41, 5.74) is 8.19. The normalized spacial score (nSPS) is 16.5. The van der Waals surface area contributed by atoms with E-state index in [1.807, 2.05) is 0 Å². The van der Waals surface area contributed by atoms with Gasteiger partial charge in [-0.3, -0.25) is 5.84 Å². The first-order chi connectivity index (χ1) is 10.2. The summed E-state index contributed by atoms with van der Waals surface area (Å²) in [7, 11) is 0. The van der Waals surface area contributed by atoms with Gasteiger partial charge in [-0.25, -0.2) is 5.43 Å². The van der Waals surface area contributed by atoms with Crippen molar-refractivity contribution in [2.45, 2.75) is 38.1 Å². The minimum Gasteiger partial charge on any atom is -0.271 e. The highest BCUT2D eigenvalue weighted by Crippen LogP contribution is 2.41.